The first-order chi connectivity index (χ1) is 10.7. The monoisotopic (exact) mass is 303 g/mol. The van der Waals surface area contributed by atoms with E-state index in [0.717, 1.165) is 38.2 Å². The zero-order chi connectivity index (χ0) is 15.5. The van der Waals surface area contributed by atoms with Crippen molar-refractivity contribution in [3.8, 4) is 5.75 Å². The summed E-state index contributed by atoms with van der Waals surface area (Å²) in [6, 6.07) is 6.29. The SMILES string of the molecule is COc1ccc2c(c1)C(C)N(C(=O)CC1CCCCO1)CC2. The number of benzene rings is 1. The predicted molar refractivity (Wildman–Crippen MR) is 85.0 cm³/mol. The van der Waals surface area contributed by atoms with Crippen LogP contribution in [0.2, 0.25) is 0 Å². The Kier molecular flexibility index (Phi) is 4.67. The van der Waals surface area contributed by atoms with Crippen molar-refractivity contribution in [2.24, 2.45) is 0 Å². The Hall–Kier alpha value is -1.55. The molecule has 2 heterocycles. The summed E-state index contributed by atoms with van der Waals surface area (Å²) in [5.74, 6) is 1.07. The molecule has 22 heavy (non-hydrogen) atoms. The van der Waals surface area contributed by atoms with E-state index in [1.807, 2.05) is 11.0 Å². The van der Waals surface area contributed by atoms with Gasteiger partial charge in [0.05, 0.1) is 25.7 Å². The molecule has 2 atom stereocenters. The van der Waals surface area contributed by atoms with E-state index in [-0.39, 0.29) is 18.1 Å². The van der Waals surface area contributed by atoms with Gasteiger partial charge in [-0.3, -0.25) is 4.79 Å². The van der Waals surface area contributed by atoms with Crippen LogP contribution < -0.4 is 4.74 Å². The van der Waals surface area contributed by atoms with Crippen LogP contribution in [0.3, 0.4) is 0 Å². The highest BCUT2D eigenvalue weighted by atomic mass is 16.5. The van der Waals surface area contributed by atoms with Gasteiger partial charge < -0.3 is 14.4 Å². The highest BCUT2D eigenvalue weighted by molar-refractivity contribution is 5.77. The molecule has 1 aromatic rings. The lowest BCUT2D eigenvalue weighted by molar-refractivity contribution is -0.137. The van der Waals surface area contributed by atoms with Gasteiger partial charge in [0.15, 0.2) is 0 Å². The highest BCUT2D eigenvalue weighted by Gasteiger charge is 2.29. The molecule has 2 unspecified atom stereocenters. The first kappa shape index (κ1) is 15.3. The number of fused-ring (bicyclic) bond motifs is 1. The number of nitrogens with zero attached hydrogens (tertiary/aromatic N) is 1. The minimum absolute atomic E-state index is 0.106. The molecule has 2 aliphatic rings. The van der Waals surface area contributed by atoms with Crippen molar-refractivity contribution < 1.29 is 14.3 Å². The van der Waals surface area contributed by atoms with Crippen molar-refractivity contribution >= 4 is 5.91 Å². The summed E-state index contributed by atoms with van der Waals surface area (Å²) in [5.41, 5.74) is 2.54. The van der Waals surface area contributed by atoms with Gasteiger partial charge in [-0.05, 0) is 55.9 Å². The van der Waals surface area contributed by atoms with Crippen LogP contribution in [0, 0.1) is 0 Å². The molecule has 3 rings (SSSR count). The van der Waals surface area contributed by atoms with E-state index in [1.54, 1.807) is 7.11 Å². The predicted octanol–water partition coefficient (Wildman–Crippen LogP) is 3.10. The smallest absolute Gasteiger partial charge is 0.225 e. The molecule has 0 spiro atoms. The lowest BCUT2D eigenvalue weighted by Crippen LogP contribution is -2.40. The Labute approximate surface area is 132 Å². The Morgan fingerprint density at radius 2 is 2.27 bits per heavy atom. The van der Waals surface area contributed by atoms with Crippen LogP contribution in [0.4, 0.5) is 0 Å². The third-order valence-electron chi connectivity index (χ3n) is 4.89. The molecule has 1 aromatic carbocycles. The number of carbonyl (C=O) groups is 1. The van der Waals surface area contributed by atoms with E-state index < -0.39 is 0 Å². The second-order valence-electron chi connectivity index (χ2n) is 6.27. The maximum absolute atomic E-state index is 12.7. The molecular formula is C18H25NO3. The van der Waals surface area contributed by atoms with Crippen molar-refractivity contribution in [3.63, 3.8) is 0 Å². The van der Waals surface area contributed by atoms with Crippen LogP contribution >= 0.6 is 0 Å². The maximum atomic E-state index is 12.7. The van der Waals surface area contributed by atoms with Crippen LogP contribution in [-0.4, -0.2) is 37.2 Å². The van der Waals surface area contributed by atoms with Crippen LogP contribution in [0.15, 0.2) is 18.2 Å². The Morgan fingerprint density at radius 3 is 3.00 bits per heavy atom. The van der Waals surface area contributed by atoms with Crippen LogP contribution in [0.5, 0.6) is 5.75 Å². The number of carbonyl (C=O) groups excluding carboxylic acids is 1. The van der Waals surface area contributed by atoms with E-state index in [1.165, 1.54) is 17.5 Å². The summed E-state index contributed by atoms with van der Waals surface area (Å²) in [7, 11) is 1.68. The van der Waals surface area contributed by atoms with Crippen LogP contribution in [-0.2, 0) is 16.0 Å². The lowest BCUT2D eigenvalue weighted by Gasteiger charge is -2.36. The van der Waals surface area contributed by atoms with Gasteiger partial charge in [0.25, 0.3) is 0 Å². The molecule has 0 saturated carbocycles. The molecule has 0 bridgehead atoms. The van der Waals surface area contributed by atoms with Gasteiger partial charge in [-0.25, -0.2) is 0 Å². The largest absolute Gasteiger partial charge is 0.497 e. The first-order valence-electron chi connectivity index (χ1n) is 8.27. The minimum Gasteiger partial charge on any atom is -0.497 e. The summed E-state index contributed by atoms with van der Waals surface area (Å²) in [6.07, 6.45) is 4.86. The van der Waals surface area contributed by atoms with Crippen molar-refractivity contribution in [2.45, 2.75) is 51.2 Å². The zero-order valence-corrected chi connectivity index (χ0v) is 13.5. The Balaban J connectivity index is 1.71. The van der Waals surface area contributed by atoms with E-state index >= 15 is 0 Å². The molecule has 1 saturated heterocycles. The topological polar surface area (TPSA) is 38.8 Å². The van der Waals surface area contributed by atoms with E-state index in [2.05, 4.69) is 19.1 Å². The van der Waals surface area contributed by atoms with Crippen molar-refractivity contribution in [3.05, 3.63) is 29.3 Å². The first-order valence-corrected chi connectivity index (χ1v) is 8.27. The summed E-state index contributed by atoms with van der Waals surface area (Å²) < 4.78 is 11.0. The molecule has 1 amide bonds. The molecule has 0 aromatic heterocycles. The molecular weight excluding hydrogens is 278 g/mol. The highest BCUT2D eigenvalue weighted by Crippen LogP contribution is 2.33. The van der Waals surface area contributed by atoms with Gasteiger partial charge in [0.1, 0.15) is 5.75 Å². The molecule has 4 nitrogen and oxygen atoms in total. The van der Waals surface area contributed by atoms with E-state index in [9.17, 15) is 4.79 Å². The third-order valence-corrected chi connectivity index (χ3v) is 4.89. The minimum atomic E-state index is 0.106. The standard InChI is InChI=1S/C18H25NO3/c1-13-17-11-15(21-2)7-6-14(17)8-9-19(13)18(20)12-16-5-3-4-10-22-16/h6-7,11,13,16H,3-5,8-10,12H2,1-2H3. The summed E-state index contributed by atoms with van der Waals surface area (Å²) in [6.45, 7) is 3.71. The number of amides is 1. The molecule has 2 aliphatic heterocycles. The molecule has 1 fully saturated rings. The van der Waals surface area contributed by atoms with Crippen LogP contribution in [0.1, 0.15) is 49.8 Å². The van der Waals surface area contributed by atoms with E-state index in [4.69, 9.17) is 9.47 Å². The van der Waals surface area contributed by atoms with Gasteiger partial charge in [-0.2, -0.15) is 0 Å². The molecule has 0 aliphatic carbocycles. The lowest BCUT2D eigenvalue weighted by atomic mass is 9.92. The van der Waals surface area contributed by atoms with Gasteiger partial charge in [0, 0.05) is 13.2 Å². The number of ether oxygens (including phenoxy) is 2. The summed E-state index contributed by atoms with van der Waals surface area (Å²) >= 11 is 0. The average molecular weight is 303 g/mol. The number of methoxy groups -OCH3 is 1. The Bertz CT molecular complexity index is 537. The maximum Gasteiger partial charge on any atom is 0.225 e. The molecule has 4 heteroatoms. The van der Waals surface area contributed by atoms with Crippen molar-refractivity contribution in [1.29, 1.82) is 0 Å². The average Bonchev–Trinajstić information content (AvgIpc) is 2.56. The Morgan fingerprint density at radius 1 is 1.41 bits per heavy atom. The number of hydrogen-bond donors (Lipinski definition) is 0. The quantitative estimate of drug-likeness (QED) is 0.861. The second-order valence-corrected chi connectivity index (χ2v) is 6.27. The second kappa shape index (κ2) is 6.69. The van der Waals surface area contributed by atoms with Crippen molar-refractivity contribution in [1.82, 2.24) is 4.90 Å². The molecule has 0 N–H and O–H groups in total. The van der Waals surface area contributed by atoms with Crippen molar-refractivity contribution in [2.75, 3.05) is 20.3 Å². The van der Waals surface area contributed by atoms with Crippen LogP contribution in [0.25, 0.3) is 0 Å². The summed E-state index contributed by atoms with van der Waals surface area (Å²) in [5, 5.41) is 0. The number of hydrogen-bond acceptors (Lipinski definition) is 3. The van der Waals surface area contributed by atoms with Gasteiger partial charge in [-0.1, -0.05) is 6.07 Å². The fraction of sp³-hybridized carbons (Fsp3) is 0.611. The third kappa shape index (κ3) is 3.12. The number of rotatable bonds is 3. The van der Waals surface area contributed by atoms with Gasteiger partial charge in [0.2, 0.25) is 5.91 Å². The zero-order valence-electron chi connectivity index (χ0n) is 13.5. The normalized spacial score (nSPS) is 24.7. The fourth-order valence-corrected chi connectivity index (χ4v) is 3.54. The van der Waals surface area contributed by atoms with Gasteiger partial charge >= 0.3 is 0 Å². The molecule has 0 radical (unpaired) electrons. The van der Waals surface area contributed by atoms with E-state index in [0.29, 0.717) is 6.42 Å². The fourth-order valence-electron chi connectivity index (χ4n) is 3.54. The van der Waals surface area contributed by atoms with Gasteiger partial charge in [-0.15, -0.1) is 0 Å². The summed E-state index contributed by atoms with van der Waals surface area (Å²) in [4.78, 5) is 14.7. The molecule has 120 valence electrons.